The number of hydrogen-bond donors (Lipinski definition) is 6. The van der Waals surface area contributed by atoms with Crippen molar-refractivity contribution in [1.82, 2.24) is 16.0 Å². The van der Waals surface area contributed by atoms with Gasteiger partial charge in [-0.3, -0.25) is 20.4 Å². The highest BCUT2D eigenvalue weighted by Crippen LogP contribution is 1.73. The summed E-state index contributed by atoms with van der Waals surface area (Å²) in [5.41, 5.74) is 14.9. The Labute approximate surface area is 122 Å². The standard InChI is InChI=1S/C3H6N4.C3H7N3O2.C2H6N2S/c1-6-3(5)7-2-4;1-5-3(4)2-6(7)8;1-4-2(3)5/h1H3,(H3,5,6,7);2,5H,4H2,1H3;1H3,(H3,3,4,5)/b;3-2+;. The lowest BCUT2D eigenvalue weighted by Gasteiger charge is -1.90. The van der Waals surface area contributed by atoms with Crippen LogP contribution in [-0.4, -0.2) is 37.1 Å². The number of nitrogens with zero attached hydrogens (tertiary/aromatic N) is 3. The Morgan fingerprint density at radius 2 is 1.85 bits per heavy atom. The molecule has 0 aromatic carbocycles. The summed E-state index contributed by atoms with van der Waals surface area (Å²) in [6, 6.07) is 0. The second kappa shape index (κ2) is 16.2. The zero-order valence-electron chi connectivity index (χ0n) is 11.4. The molecule has 0 spiro atoms. The molecule has 0 rings (SSSR count). The summed E-state index contributed by atoms with van der Waals surface area (Å²) in [7, 11) is 4.69. The molecular formula is C8H19N9O2S. The van der Waals surface area contributed by atoms with E-state index in [4.69, 9.17) is 22.5 Å². The fourth-order valence-electron chi connectivity index (χ4n) is 0.291. The number of hydrogen-bond acceptors (Lipinski definition) is 7. The van der Waals surface area contributed by atoms with Crippen molar-refractivity contribution >= 4 is 23.3 Å². The Morgan fingerprint density at radius 1 is 1.40 bits per heavy atom. The van der Waals surface area contributed by atoms with Crippen LogP contribution in [0, 0.1) is 21.6 Å². The fraction of sp³-hybridized carbons (Fsp3) is 0.375. The van der Waals surface area contributed by atoms with E-state index in [2.05, 4.69) is 33.2 Å². The molecule has 0 aliphatic carbocycles. The Bertz CT molecular complexity index is 388. The van der Waals surface area contributed by atoms with Gasteiger partial charge in [0.2, 0.25) is 5.96 Å². The highest BCUT2D eigenvalue weighted by molar-refractivity contribution is 7.80. The summed E-state index contributed by atoms with van der Waals surface area (Å²) in [6.45, 7) is 0. The average Bonchev–Trinajstić information content (AvgIpc) is 2.39. The summed E-state index contributed by atoms with van der Waals surface area (Å²) in [4.78, 5) is 12.4. The summed E-state index contributed by atoms with van der Waals surface area (Å²) < 4.78 is 0. The van der Waals surface area contributed by atoms with E-state index >= 15 is 0 Å². The first-order valence-corrected chi connectivity index (χ1v) is 5.28. The molecule has 114 valence electrons. The molecule has 0 saturated heterocycles. The van der Waals surface area contributed by atoms with Crippen molar-refractivity contribution in [2.45, 2.75) is 0 Å². The van der Waals surface area contributed by atoms with Crippen molar-refractivity contribution in [3.05, 3.63) is 22.1 Å². The number of aliphatic imine (C=N–C) groups is 1. The number of guanidine groups is 1. The average molecular weight is 305 g/mol. The van der Waals surface area contributed by atoms with Crippen molar-refractivity contribution in [2.75, 3.05) is 21.1 Å². The van der Waals surface area contributed by atoms with Gasteiger partial charge in [0.15, 0.2) is 17.1 Å². The predicted molar refractivity (Wildman–Crippen MR) is 80.5 cm³/mol. The van der Waals surface area contributed by atoms with Crippen LogP contribution < -0.4 is 33.2 Å². The maximum absolute atomic E-state index is 9.58. The maximum atomic E-state index is 9.58. The lowest BCUT2D eigenvalue weighted by atomic mass is 10.8. The predicted octanol–water partition coefficient (Wildman–Crippen LogP) is -2.31. The molecule has 20 heavy (non-hydrogen) atoms. The second-order valence-corrected chi connectivity index (χ2v) is 3.02. The molecule has 0 aromatic rings. The molecule has 9 N–H and O–H groups in total. The zero-order chi connectivity index (χ0) is 16.6. The molecule has 0 bridgehead atoms. The van der Waals surface area contributed by atoms with Gasteiger partial charge in [-0.25, -0.2) is 0 Å². The lowest BCUT2D eigenvalue weighted by Crippen LogP contribution is -2.26. The van der Waals surface area contributed by atoms with Crippen LogP contribution in [0.5, 0.6) is 0 Å². The Hall–Kier alpha value is -2.81. The van der Waals surface area contributed by atoms with Gasteiger partial charge in [-0.15, -0.1) is 0 Å². The highest BCUT2D eigenvalue weighted by Gasteiger charge is 1.89. The fourth-order valence-corrected chi connectivity index (χ4v) is 0.291. The molecule has 12 heteroatoms. The molecule has 0 fully saturated rings. The molecule has 0 heterocycles. The highest BCUT2D eigenvalue weighted by atomic mass is 32.1. The van der Waals surface area contributed by atoms with Crippen LogP contribution in [0.2, 0.25) is 0 Å². The molecular weight excluding hydrogens is 286 g/mol. The van der Waals surface area contributed by atoms with Gasteiger partial charge in [0.05, 0.1) is 4.92 Å². The van der Waals surface area contributed by atoms with Gasteiger partial charge in [0.25, 0.3) is 6.20 Å². The van der Waals surface area contributed by atoms with Crippen LogP contribution in [0.1, 0.15) is 0 Å². The van der Waals surface area contributed by atoms with E-state index in [-0.39, 0.29) is 11.8 Å². The van der Waals surface area contributed by atoms with Crippen LogP contribution >= 0.6 is 12.2 Å². The quantitative estimate of drug-likeness (QED) is 0.0613. The first-order chi connectivity index (χ1) is 9.24. The van der Waals surface area contributed by atoms with Crippen LogP contribution in [-0.2, 0) is 0 Å². The van der Waals surface area contributed by atoms with Crippen LogP contribution in [0.4, 0.5) is 0 Å². The van der Waals surface area contributed by atoms with Crippen molar-refractivity contribution < 1.29 is 4.92 Å². The number of nitro groups is 1. The van der Waals surface area contributed by atoms with E-state index < -0.39 is 4.92 Å². The molecule has 11 nitrogen and oxygen atoms in total. The third kappa shape index (κ3) is 29.5. The SMILES string of the molecule is CN/C(N)=C/[N+](=O)[O-].CN=C(N)NC#N.CNC(N)=S. The molecule has 0 aliphatic rings. The van der Waals surface area contributed by atoms with Crippen molar-refractivity contribution in [3.63, 3.8) is 0 Å². The van der Waals surface area contributed by atoms with Gasteiger partial charge in [-0.05, 0) is 12.2 Å². The van der Waals surface area contributed by atoms with Gasteiger partial charge in [0, 0.05) is 21.1 Å². The van der Waals surface area contributed by atoms with E-state index in [9.17, 15) is 10.1 Å². The third-order valence-corrected chi connectivity index (χ3v) is 1.41. The van der Waals surface area contributed by atoms with Crippen LogP contribution in [0.3, 0.4) is 0 Å². The minimum Gasteiger partial charge on any atom is -0.380 e. The monoisotopic (exact) mass is 305 g/mol. The van der Waals surface area contributed by atoms with Gasteiger partial charge < -0.3 is 27.8 Å². The minimum atomic E-state index is -0.619. The Morgan fingerprint density at radius 3 is 1.95 bits per heavy atom. The number of nitriles is 1. The second-order valence-electron chi connectivity index (χ2n) is 2.58. The number of nitrogens with one attached hydrogen (secondary N) is 3. The Kier molecular flexibility index (Phi) is 18.1. The zero-order valence-corrected chi connectivity index (χ0v) is 12.2. The van der Waals surface area contributed by atoms with E-state index in [1.165, 1.54) is 14.1 Å². The number of nitrogens with two attached hydrogens (primary N) is 3. The Balaban J connectivity index is -0.000000223. The van der Waals surface area contributed by atoms with E-state index in [0.717, 1.165) is 0 Å². The van der Waals surface area contributed by atoms with E-state index in [1.54, 1.807) is 13.2 Å². The normalized spacial score (nSPS) is 9.50. The van der Waals surface area contributed by atoms with Crippen LogP contribution in [0.15, 0.2) is 17.0 Å². The van der Waals surface area contributed by atoms with Gasteiger partial charge in [-0.2, -0.15) is 5.26 Å². The molecule has 0 unspecified atom stereocenters. The maximum Gasteiger partial charge on any atom is 0.273 e. The third-order valence-electron chi connectivity index (χ3n) is 1.20. The first kappa shape index (κ1) is 22.4. The molecule has 0 aromatic heterocycles. The minimum absolute atomic E-state index is 0.0509. The van der Waals surface area contributed by atoms with Gasteiger partial charge in [0.1, 0.15) is 0 Å². The lowest BCUT2D eigenvalue weighted by molar-refractivity contribution is -0.403. The largest absolute Gasteiger partial charge is 0.380 e. The van der Waals surface area contributed by atoms with Gasteiger partial charge in [-0.1, -0.05) is 0 Å². The molecule has 0 aliphatic heterocycles. The summed E-state index contributed by atoms with van der Waals surface area (Å²) in [5, 5.41) is 24.8. The smallest absolute Gasteiger partial charge is 0.273 e. The van der Waals surface area contributed by atoms with Crippen molar-refractivity contribution in [1.29, 1.82) is 5.26 Å². The summed E-state index contributed by atoms with van der Waals surface area (Å²) in [5.74, 6) is 0.192. The molecule has 0 atom stereocenters. The van der Waals surface area contributed by atoms with Gasteiger partial charge >= 0.3 is 0 Å². The van der Waals surface area contributed by atoms with Crippen LogP contribution in [0.25, 0.3) is 0 Å². The number of thiocarbonyl (C=S) groups is 1. The molecule has 0 saturated carbocycles. The first-order valence-electron chi connectivity index (χ1n) is 4.88. The van der Waals surface area contributed by atoms with E-state index in [0.29, 0.717) is 11.3 Å². The van der Waals surface area contributed by atoms with Crippen molar-refractivity contribution in [2.24, 2.45) is 22.2 Å². The summed E-state index contributed by atoms with van der Waals surface area (Å²) in [6.07, 6.45) is 2.31. The molecule has 0 radical (unpaired) electrons. The topological polar surface area (TPSA) is 193 Å². The van der Waals surface area contributed by atoms with E-state index in [1.807, 2.05) is 0 Å². The van der Waals surface area contributed by atoms with Crippen molar-refractivity contribution in [3.8, 4) is 6.19 Å². The summed E-state index contributed by atoms with van der Waals surface area (Å²) >= 11 is 4.36. The number of rotatable bonds is 2. The molecule has 0 amide bonds.